The van der Waals surface area contributed by atoms with Crippen LogP contribution in [-0.4, -0.2) is 53.2 Å². The molecule has 7 nitrogen and oxygen atoms in total. The van der Waals surface area contributed by atoms with Crippen LogP contribution in [-0.2, 0) is 6.18 Å². The predicted molar refractivity (Wildman–Crippen MR) is 105 cm³/mol. The first kappa shape index (κ1) is 20.2. The summed E-state index contributed by atoms with van der Waals surface area (Å²) in [6, 6.07) is 5.81. The lowest BCUT2D eigenvalue weighted by atomic mass is 10.2. The first-order valence-corrected chi connectivity index (χ1v) is 9.85. The third-order valence-electron chi connectivity index (χ3n) is 5.24. The predicted octanol–water partition coefficient (Wildman–Crippen LogP) is 3.78. The fourth-order valence-electron chi connectivity index (χ4n) is 3.64. The molecule has 2 fully saturated rings. The lowest BCUT2D eigenvalue weighted by Crippen LogP contribution is -2.34. The van der Waals surface area contributed by atoms with Crippen LogP contribution in [0.5, 0.6) is 5.88 Å². The van der Waals surface area contributed by atoms with Crippen LogP contribution >= 0.6 is 0 Å². The van der Waals surface area contributed by atoms with E-state index in [4.69, 9.17) is 4.74 Å². The number of nitrogens with one attached hydrogen (secondary N) is 1. The molecule has 0 radical (unpaired) electrons. The van der Waals surface area contributed by atoms with Crippen molar-refractivity contribution in [1.82, 2.24) is 14.9 Å². The molecule has 160 valence electrons. The van der Waals surface area contributed by atoms with Crippen LogP contribution in [0.3, 0.4) is 0 Å². The van der Waals surface area contributed by atoms with Crippen molar-refractivity contribution in [3.8, 4) is 5.88 Å². The Bertz CT molecular complexity index is 885. The van der Waals surface area contributed by atoms with Crippen molar-refractivity contribution in [2.45, 2.75) is 31.5 Å². The second-order valence-electron chi connectivity index (χ2n) is 7.39. The van der Waals surface area contributed by atoms with E-state index in [1.807, 2.05) is 6.07 Å². The van der Waals surface area contributed by atoms with Crippen molar-refractivity contribution in [2.24, 2.45) is 0 Å². The molecule has 10 heteroatoms. The molecule has 3 heterocycles. The zero-order chi connectivity index (χ0) is 21.1. The van der Waals surface area contributed by atoms with Gasteiger partial charge >= 0.3 is 12.2 Å². The van der Waals surface area contributed by atoms with Gasteiger partial charge < -0.3 is 19.9 Å². The minimum atomic E-state index is -4.41. The van der Waals surface area contributed by atoms with Crippen LogP contribution in [0.2, 0.25) is 0 Å². The molecule has 2 aliphatic rings. The van der Waals surface area contributed by atoms with Gasteiger partial charge in [0.1, 0.15) is 18.2 Å². The normalized spacial score (nSPS) is 19.2. The summed E-state index contributed by atoms with van der Waals surface area (Å²) in [5.74, 6) is 1.31. The number of nitrogens with zero attached hydrogens (tertiary/aromatic N) is 4. The molecule has 1 aromatic carbocycles. The lowest BCUT2D eigenvalue weighted by Gasteiger charge is -2.19. The standard InChI is InChI=1S/C20H22F3N5O2/c21-20(22,23)14-3-5-15(6-4-14)26-19(29)28-10-7-16(12-28)30-18-11-17(24-13-25-18)27-8-1-2-9-27/h3-6,11,13,16H,1-2,7-10,12H2,(H,26,29). The van der Waals surface area contributed by atoms with Crippen molar-refractivity contribution in [3.05, 3.63) is 42.2 Å². The van der Waals surface area contributed by atoms with Gasteiger partial charge in [-0.25, -0.2) is 14.8 Å². The second kappa shape index (κ2) is 8.37. The molecule has 4 rings (SSSR count). The number of urea groups is 1. The molecule has 1 N–H and O–H groups in total. The Morgan fingerprint density at radius 1 is 1.10 bits per heavy atom. The third kappa shape index (κ3) is 4.74. The van der Waals surface area contributed by atoms with Crippen LogP contribution in [0.1, 0.15) is 24.8 Å². The summed E-state index contributed by atoms with van der Waals surface area (Å²) in [6.07, 6.45) is -0.198. The van der Waals surface area contributed by atoms with Gasteiger partial charge in [0.15, 0.2) is 0 Å². The number of aromatic nitrogens is 2. The van der Waals surface area contributed by atoms with Gasteiger partial charge in [0, 0.05) is 37.8 Å². The summed E-state index contributed by atoms with van der Waals surface area (Å²) in [5, 5.41) is 2.62. The van der Waals surface area contributed by atoms with Gasteiger partial charge in [-0.3, -0.25) is 0 Å². The molecule has 1 atom stereocenters. The minimum Gasteiger partial charge on any atom is -0.472 e. The van der Waals surface area contributed by atoms with Crippen LogP contribution in [0.4, 0.5) is 29.5 Å². The maximum absolute atomic E-state index is 12.6. The Morgan fingerprint density at radius 3 is 2.53 bits per heavy atom. The summed E-state index contributed by atoms with van der Waals surface area (Å²) < 4.78 is 43.9. The number of anilines is 2. The van der Waals surface area contributed by atoms with Crippen LogP contribution in [0.15, 0.2) is 36.7 Å². The molecule has 30 heavy (non-hydrogen) atoms. The van der Waals surface area contributed by atoms with Gasteiger partial charge in [0.05, 0.1) is 12.1 Å². The van der Waals surface area contributed by atoms with Crippen LogP contribution in [0, 0.1) is 0 Å². The van der Waals surface area contributed by atoms with Gasteiger partial charge in [-0.2, -0.15) is 13.2 Å². The smallest absolute Gasteiger partial charge is 0.416 e. The highest BCUT2D eigenvalue weighted by Crippen LogP contribution is 2.30. The number of amides is 2. The molecular formula is C20H22F3N5O2. The van der Waals surface area contributed by atoms with Crippen molar-refractivity contribution < 1.29 is 22.7 Å². The van der Waals surface area contributed by atoms with Gasteiger partial charge in [0.25, 0.3) is 0 Å². The molecule has 1 unspecified atom stereocenters. The number of ether oxygens (including phenoxy) is 1. The average molecular weight is 421 g/mol. The molecule has 0 saturated carbocycles. The van der Waals surface area contributed by atoms with Crippen molar-refractivity contribution in [3.63, 3.8) is 0 Å². The molecule has 1 aromatic heterocycles. The van der Waals surface area contributed by atoms with E-state index < -0.39 is 11.7 Å². The zero-order valence-corrected chi connectivity index (χ0v) is 16.2. The molecular weight excluding hydrogens is 399 g/mol. The fraction of sp³-hybridized carbons (Fsp3) is 0.450. The van der Waals surface area contributed by atoms with Crippen molar-refractivity contribution >= 4 is 17.5 Å². The van der Waals surface area contributed by atoms with Crippen LogP contribution < -0.4 is 15.0 Å². The zero-order valence-electron chi connectivity index (χ0n) is 16.2. The number of hydrogen-bond acceptors (Lipinski definition) is 5. The monoisotopic (exact) mass is 421 g/mol. The first-order valence-electron chi connectivity index (χ1n) is 9.85. The largest absolute Gasteiger partial charge is 0.472 e. The Hall–Kier alpha value is -3.04. The Balaban J connectivity index is 1.31. The molecule has 0 aliphatic carbocycles. The Morgan fingerprint density at radius 2 is 1.83 bits per heavy atom. The summed E-state index contributed by atoms with van der Waals surface area (Å²) in [5.41, 5.74) is -0.447. The Kier molecular flexibility index (Phi) is 5.65. The average Bonchev–Trinajstić information content (AvgIpc) is 3.40. The topological polar surface area (TPSA) is 70.6 Å². The number of alkyl halides is 3. The maximum atomic E-state index is 12.6. The summed E-state index contributed by atoms with van der Waals surface area (Å²) in [4.78, 5) is 24.7. The summed E-state index contributed by atoms with van der Waals surface area (Å²) >= 11 is 0. The first-order chi connectivity index (χ1) is 14.4. The van der Waals surface area contributed by atoms with Gasteiger partial charge in [-0.05, 0) is 37.1 Å². The highest BCUT2D eigenvalue weighted by molar-refractivity contribution is 5.89. The maximum Gasteiger partial charge on any atom is 0.416 e. The van der Waals surface area contributed by atoms with E-state index in [-0.39, 0.29) is 12.1 Å². The van der Waals surface area contributed by atoms with E-state index in [2.05, 4.69) is 20.2 Å². The summed E-state index contributed by atoms with van der Waals surface area (Å²) in [6.45, 7) is 2.80. The van der Waals surface area contributed by atoms with E-state index in [0.717, 1.165) is 43.9 Å². The van der Waals surface area contributed by atoms with E-state index >= 15 is 0 Å². The van der Waals surface area contributed by atoms with E-state index in [0.29, 0.717) is 31.1 Å². The van der Waals surface area contributed by atoms with E-state index in [1.165, 1.54) is 18.5 Å². The number of carbonyl (C=O) groups excluding carboxylic acids is 1. The van der Waals surface area contributed by atoms with Gasteiger partial charge in [-0.15, -0.1) is 0 Å². The molecule has 0 bridgehead atoms. The number of halogens is 3. The molecule has 2 amide bonds. The molecule has 2 aromatic rings. The number of rotatable bonds is 4. The van der Waals surface area contributed by atoms with Crippen molar-refractivity contribution in [2.75, 3.05) is 36.4 Å². The van der Waals surface area contributed by atoms with Crippen molar-refractivity contribution in [1.29, 1.82) is 0 Å². The molecule has 2 saturated heterocycles. The minimum absolute atomic E-state index is 0.204. The molecule has 0 spiro atoms. The van der Waals surface area contributed by atoms with Crippen LogP contribution in [0.25, 0.3) is 0 Å². The lowest BCUT2D eigenvalue weighted by molar-refractivity contribution is -0.137. The quantitative estimate of drug-likeness (QED) is 0.814. The highest BCUT2D eigenvalue weighted by Gasteiger charge is 2.31. The molecule has 2 aliphatic heterocycles. The van der Waals surface area contributed by atoms with Gasteiger partial charge in [0.2, 0.25) is 5.88 Å². The fourth-order valence-corrected chi connectivity index (χ4v) is 3.64. The highest BCUT2D eigenvalue weighted by atomic mass is 19.4. The number of benzene rings is 1. The number of likely N-dealkylation sites (tertiary alicyclic amines) is 1. The number of hydrogen-bond donors (Lipinski definition) is 1. The summed E-state index contributed by atoms with van der Waals surface area (Å²) in [7, 11) is 0. The van der Waals surface area contributed by atoms with E-state index in [9.17, 15) is 18.0 Å². The third-order valence-corrected chi connectivity index (χ3v) is 5.24. The van der Waals surface area contributed by atoms with E-state index in [1.54, 1.807) is 4.90 Å². The second-order valence-corrected chi connectivity index (χ2v) is 7.39. The Labute approximate surface area is 171 Å². The van der Waals surface area contributed by atoms with Gasteiger partial charge in [-0.1, -0.05) is 0 Å². The SMILES string of the molecule is O=C(Nc1ccc(C(F)(F)F)cc1)N1CCC(Oc2cc(N3CCCC3)ncn2)C1. The number of carbonyl (C=O) groups is 1.